The van der Waals surface area contributed by atoms with Crippen LogP contribution in [0.15, 0.2) is 22.7 Å². The minimum absolute atomic E-state index is 0.0194. The van der Waals surface area contributed by atoms with Crippen LogP contribution in [0.3, 0.4) is 0 Å². The number of carbonyl (C=O) groups excluding carboxylic acids is 1. The van der Waals surface area contributed by atoms with Crippen LogP contribution in [-0.2, 0) is 16.0 Å². The molecule has 0 aliphatic rings. The van der Waals surface area contributed by atoms with Crippen LogP contribution in [0.25, 0.3) is 0 Å². The molecule has 0 heterocycles. The van der Waals surface area contributed by atoms with Gasteiger partial charge in [0.05, 0.1) is 11.3 Å². The van der Waals surface area contributed by atoms with Gasteiger partial charge in [0, 0.05) is 22.2 Å². The first-order valence-corrected chi connectivity index (χ1v) is 8.78. The number of hydrogen-bond acceptors (Lipinski definition) is 3. The van der Waals surface area contributed by atoms with Crippen molar-refractivity contribution in [3.8, 4) is 0 Å². The van der Waals surface area contributed by atoms with E-state index in [4.69, 9.17) is 0 Å². The average Bonchev–Trinajstić information content (AvgIpc) is 2.37. The van der Waals surface area contributed by atoms with Crippen molar-refractivity contribution in [2.24, 2.45) is 0 Å². The standard InChI is InChI=1S/C13H14BrF3O3S/c1-2-21(19,20)7-3-4-12(18)10-8-9(13(15,16)17)5-6-11(10)14/h5-6,8H,2-4,7H2,1H3. The van der Waals surface area contributed by atoms with Crippen LogP contribution < -0.4 is 0 Å². The SMILES string of the molecule is CCS(=O)(=O)CCCC(=O)c1cc(C(F)(F)F)ccc1Br. The summed E-state index contributed by atoms with van der Waals surface area (Å²) >= 11 is 3.04. The summed E-state index contributed by atoms with van der Waals surface area (Å²) in [6, 6.07) is 2.82. The van der Waals surface area contributed by atoms with Gasteiger partial charge in [-0.3, -0.25) is 4.79 Å². The fourth-order valence-corrected chi connectivity index (χ4v) is 2.99. The zero-order valence-corrected chi connectivity index (χ0v) is 13.6. The predicted octanol–water partition coefficient (Wildman–Crippen LogP) is 3.87. The summed E-state index contributed by atoms with van der Waals surface area (Å²) < 4.78 is 60.7. The lowest BCUT2D eigenvalue weighted by Gasteiger charge is -2.10. The lowest BCUT2D eigenvalue weighted by molar-refractivity contribution is -0.137. The molecule has 1 aromatic carbocycles. The van der Waals surface area contributed by atoms with Gasteiger partial charge in [0.15, 0.2) is 5.78 Å². The Balaban J connectivity index is 2.83. The van der Waals surface area contributed by atoms with Crippen LogP contribution in [0.4, 0.5) is 13.2 Å². The molecule has 0 amide bonds. The van der Waals surface area contributed by atoms with Gasteiger partial charge in [0.25, 0.3) is 0 Å². The van der Waals surface area contributed by atoms with Crippen molar-refractivity contribution in [1.82, 2.24) is 0 Å². The number of halogens is 4. The van der Waals surface area contributed by atoms with Gasteiger partial charge in [-0.05, 0) is 24.6 Å². The first-order valence-electron chi connectivity index (χ1n) is 6.17. The molecule has 1 rings (SSSR count). The number of ketones is 1. The zero-order chi connectivity index (χ0) is 16.3. The van der Waals surface area contributed by atoms with Crippen molar-refractivity contribution in [3.63, 3.8) is 0 Å². The molecule has 0 aliphatic carbocycles. The summed E-state index contributed by atoms with van der Waals surface area (Å²) in [5.41, 5.74) is -0.992. The Bertz CT molecular complexity index is 624. The van der Waals surface area contributed by atoms with Crippen molar-refractivity contribution < 1.29 is 26.4 Å². The second-order valence-corrected chi connectivity index (χ2v) is 7.78. The fourth-order valence-electron chi connectivity index (χ4n) is 1.65. The Kier molecular flexibility index (Phi) is 5.98. The number of hydrogen-bond donors (Lipinski definition) is 0. The van der Waals surface area contributed by atoms with Crippen LogP contribution in [0.5, 0.6) is 0 Å². The molecule has 0 aromatic heterocycles. The summed E-state index contributed by atoms with van der Waals surface area (Å²) in [5.74, 6) is -0.681. The van der Waals surface area contributed by atoms with E-state index in [1.54, 1.807) is 0 Å². The quantitative estimate of drug-likeness (QED) is 0.697. The molecule has 0 saturated heterocycles. The van der Waals surface area contributed by atoms with Gasteiger partial charge in [-0.1, -0.05) is 22.9 Å². The summed E-state index contributed by atoms with van der Waals surface area (Å²) in [5, 5.41) is 0. The highest BCUT2D eigenvalue weighted by atomic mass is 79.9. The minimum Gasteiger partial charge on any atom is -0.294 e. The maximum absolute atomic E-state index is 12.6. The summed E-state index contributed by atoms with van der Waals surface area (Å²) in [4.78, 5) is 11.9. The molecule has 1 aromatic rings. The Morgan fingerprint density at radius 2 is 1.90 bits per heavy atom. The van der Waals surface area contributed by atoms with Gasteiger partial charge in [0.2, 0.25) is 0 Å². The number of sulfone groups is 1. The van der Waals surface area contributed by atoms with E-state index in [0.717, 1.165) is 12.1 Å². The second-order valence-electron chi connectivity index (χ2n) is 4.46. The molecule has 0 aliphatic heterocycles. The molecule has 0 N–H and O–H groups in total. The molecular formula is C13H14BrF3O3S. The maximum Gasteiger partial charge on any atom is 0.416 e. The minimum atomic E-state index is -4.53. The number of Topliss-reactive ketones (excluding diaryl/α,β-unsaturated/α-hetero) is 1. The van der Waals surface area contributed by atoms with Crippen molar-refractivity contribution in [3.05, 3.63) is 33.8 Å². The van der Waals surface area contributed by atoms with Crippen molar-refractivity contribution in [2.75, 3.05) is 11.5 Å². The molecule has 0 radical (unpaired) electrons. The number of benzene rings is 1. The maximum atomic E-state index is 12.6. The van der Waals surface area contributed by atoms with E-state index < -0.39 is 27.4 Å². The average molecular weight is 387 g/mol. The van der Waals surface area contributed by atoms with Gasteiger partial charge < -0.3 is 0 Å². The molecule has 0 spiro atoms. The molecule has 0 fully saturated rings. The highest BCUT2D eigenvalue weighted by Gasteiger charge is 2.31. The third-order valence-electron chi connectivity index (χ3n) is 2.89. The van der Waals surface area contributed by atoms with Crippen molar-refractivity contribution in [1.29, 1.82) is 0 Å². The van der Waals surface area contributed by atoms with Crippen LogP contribution in [0, 0.1) is 0 Å². The summed E-state index contributed by atoms with van der Waals surface area (Å²) in [6.45, 7) is 1.50. The van der Waals surface area contributed by atoms with E-state index >= 15 is 0 Å². The Morgan fingerprint density at radius 1 is 1.29 bits per heavy atom. The topological polar surface area (TPSA) is 51.2 Å². The zero-order valence-electron chi connectivity index (χ0n) is 11.2. The van der Waals surface area contributed by atoms with Gasteiger partial charge >= 0.3 is 6.18 Å². The lowest BCUT2D eigenvalue weighted by Crippen LogP contribution is -2.12. The van der Waals surface area contributed by atoms with Crippen molar-refractivity contribution in [2.45, 2.75) is 25.9 Å². The number of carbonyl (C=O) groups is 1. The number of alkyl halides is 3. The third-order valence-corrected chi connectivity index (χ3v) is 5.37. The largest absolute Gasteiger partial charge is 0.416 e. The Morgan fingerprint density at radius 3 is 2.43 bits per heavy atom. The third kappa shape index (κ3) is 5.43. The van der Waals surface area contributed by atoms with Crippen molar-refractivity contribution >= 4 is 31.6 Å². The molecule has 3 nitrogen and oxygen atoms in total. The van der Waals surface area contributed by atoms with E-state index in [2.05, 4.69) is 15.9 Å². The van der Waals surface area contributed by atoms with Crippen LogP contribution >= 0.6 is 15.9 Å². The first-order chi connectivity index (χ1) is 9.57. The molecule has 0 saturated carbocycles. The smallest absolute Gasteiger partial charge is 0.294 e. The first kappa shape index (κ1) is 18.2. The Hall–Kier alpha value is -0.890. The Labute approximate surface area is 129 Å². The predicted molar refractivity (Wildman–Crippen MR) is 77.0 cm³/mol. The molecule has 21 heavy (non-hydrogen) atoms. The van der Waals surface area contributed by atoms with Crippen LogP contribution in [0.1, 0.15) is 35.7 Å². The molecule has 0 atom stereocenters. The van der Waals surface area contributed by atoms with E-state index in [9.17, 15) is 26.4 Å². The van der Waals surface area contributed by atoms with E-state index in [1.165, 1.54) is 13.0 Å². The molecule has 0 unspecified atom stereocenters. The summed E-state index contributed by atoms with van der Waals surface area (Å²) in [7, 11) is -3.18. The normalized spacial score (nSPS) is 12.4. The number of rotatable bonds is 6. The van der Waals surface area contributed by atoms with E-state index in [0.29, 0.717) is 0 Å². The van der Waals surface area contributed by atoms with Gasteiger partial charge in [-0.15, -0.1) is 0 Å². The second kappa shape index (κ2) is 6.91. The monoisotopic (exact) mass is 386 g/mol. The van der Waals surface area contributed by atoms with Crippen LogP contribution in [0.2, 0.25) is 0 Å². The lowest BCUT2D eigenvalue weighted by atomic mass is 10.0. The van der Waals surface area contributed by atoms with E-state index in [-0.39, 0.29) is 34.4 Å². The summed E-state index contributed by atoms with van der Waals surface area (Å²) in [6.07, 6.45) is -4.54. The highest BCUT2D eigenvalue weighted by molar-refractivity contribution is 9.10. The molecule has 118 valence electrons. The molecule has 0 bridgehead atoms. The molecular weight excluding hydrogens is 373 g/mol. The molecule has 8 heteroatoms. The fraction of sp³-hybridized carbons (Fsp3) is 0.462. The van der Waals surface area contributed by atoms with Gasteiger partial charge in [0.1, 0.15) is 9.84 Å². The van der Waals surface area contributed by atoms with Gasteiger partial charge in [-0.2, -0.15) is 13.2 Å². The van der Waals surface area contributed by atoms with Crippen LogP contribution in [-0.4, -0.2) is 25.7 Å². The van der Waals surface area contributed by atoms with Gasteiger partial charge in [-0.25, -0.2) is 8.42 Å². The van der Waals surface area contributed by atoms with E-state index in [1.807, 2.05) is 0 Å². The highest BCUT2D eigenvalue weighted by Crippen LogP contribution is 2.32.